The van der Waals surface area contributed by atoms with Gasteiger partial charge in [0.05, 0.1) is 23.8 Å². The van der Waals surface area contributed by atoms with Crippen LogP contribution in [0, 0.1) is 0 Å². The van der Waals surface area contributed by atoms with Crippen LogP contribution in [0.4, 0.5) is 0 Å². The molecule has 146 valence electrons. The Hall–Kier alpha value is -2.88. The fourth-order valence-electron chi connectivity index (χ4n) is 3.33. The predicted octanol–water partition coefficient (Wildman–Crippen LogP) is 5.35. The van der Waals surface area contributed by atoms with E-state index in [1.165, 1.54) is 23.5 Å². The Balaban J connectivity index is 0.000000161. The molecule has 1 aliphatic heterocycles. The van der Waals surface area contributed by atoms with E-state index in [0.717, 1.165) is 37.0 Å². The zero-order valence-electron chi connectivity index (χ0n) is 16.5. The van der Waals surface area contributed by atoms with Crippen LogP contribution in [-0.2, 0) is 12.8 Å². The number of fused-ring (bicyclic) bond motifs is 2. The van der Waals surface area contributed by atoms with E-state index < -0.39 is 0 Å². The van der Waals surface area contributed by atoms with E-state index in [-0.39, 0.29) is 11.2 Å². The second-order valence-corrected chi connectivity index (χ2v) is 6.97. The summed E-state index contributed by atoms with van der Waals surface area (Å²) in [5.74, 6) is 0.963. The molecule has 0 amide bonds. The lowest BCUT2D eigenvalue weighted by Gasteiger charge is -2.16. The first-order chi connectivity index (χ1) is 13.6. The van der Waals surface area contributed by atoms with Crippen molar-refractivity contribution in [1.82, 2.24) is 0 Å². The van der Waals surface area contributed by atoms with Gasteiger partial charge >= 0.3 is 0 Å². The first-order valence-electron chi connectivity index (χ1n) is 9.91. The smallest absolute Gasteiger partial charge is 0.192 e. The van der Waals surface area contributed by atoms with E-state index >= 15 is 0 Å². The fraction of sp³-hybridized carbons (Fsp3) is 0.333. The largest absolute Gasteiger partial charge is 0.492 e. The molecule has 0 fully saturated rings. The SMILES string of the molecule is CCCc1ccc2c(c1)C(=O)CCO2.CCCc1ccc2occc(=O)c2c1. The third-order valence-electron chi connectivity index (χ3n) is 4.73. The summed E-state index contributed by atoms with van der Waals surface area (Å²) in [6.45, 7) is 4.79. The van der Waals surface area contributed by atoms with Crippen molar-refractivity contribution < 1.29 is 13.9 Å². The number of ketones is 1. The molecule has 0 spiro atoms. The topological polar surface area (TPSA) is 56.5 Å². The summed E-state index contributed by atoms with van der Waals surface area (Å²) in [6.07, 6.45) is 6.18. The van der Waals surface area contributed by atoms with Gasteiger partial charge in [-0.25, -0.2) is 0 Å². The van der Waals surface area contributed by atoms with Crippen LogP contribution in [0.25, 0.3) is 11.0 Å². The number of Topliss-reactive ketones (excluding diaryl/α,β-unsaturated/α-hetero) is 1. The number of ether oxygens (including phenoxy) is 1. The first kappa shape index (κ1) is 19.9. The maximum Gasteiger partial charge on any atom is 0.192 e. The molecular formula is C24H26O4. The minimum atomic E-state index is 0.0317. The Morgan fingerprint density at radius 2 is 1.61 bits per heavy atom. The Morgan fingerprint density at radius 3 is 2.36 bits per heavy atom. The highest BCUT2D eigenvalue weighted by molar-refractivity contribution is 5.99. The van der Waals surface area contributed by atoms with E-state index in [0.29, 0.717) is 24.0 Å². The lowest BCUT2D eigenvalue weighted by atomic mass is 10.0. The molecule has 4 heteroatoms. The molecule has 0 N–H and O–H groups in total. The summed E-state index contributed by atoms with van der Waals surface area (Å²) in [7, 11) is 0. The second-order valence-electron chi connectivity index (χ2n) is 6.97. The Labute approximate surface area is 165 Å². The maximum absolute atomic E-state index is 11.6. The molecule has 28 heavy (non-hydrogen) atoms. The summed E-state index contributed by atoms with van der Waals surface area (Å²) < 4.78 is 10.6. The highest BCUT2D eigenvalue weighted by Crippen LogP contribution is 2.25. The van der Waals surface area contributed by atoms with Crippen molar-refractivity contribution in [2.75, 3.05) is 6.61 Å². The number of carbonyl (C=O) groups is 1. The molecule has 1 aromatic heterocycles. The zero-order chi connectivity index (χ0) is 19.9. The van der Waals surface area contributed by atoms with Crippen LogP contribution in [0.3, 0.4) is 0 Å². The maximum atomic E-state index is 11.6. The van der Waals surface area contributed by atoms with Crippen molar-refractivity contribution in [3.8, 4) is 5.75 Å². The van der Waals surface area contributed by atoms with Crippen LogP contribution < -0.4 is 10.2 Å². The second kappa shape index (κ2) is 9.36. The molecule has 4 nitrogen and oxygen atoms in total. The minimum absolute atomic E-state index is 0.0317. The molecule has 2 heterocycles. The summed E-state index contributed by atoms with van der Waals surface area (Å²) in [4.78, 5) is 23.0. The third-order valence-corrected chi connectivity index (χ3v) is 4.73. The molecule has 0 unspecified atom stereocenters. The molecule has 2 aromatic carbocycles. The third kappa shape index (κ3) is 4.69. The summed E-state index contributed by atoms with van der Waals surface area (Å²) in [6, 6.07) is 13.2. The molecule has 0 bridgehead atoms. The van der Waals surface area contributed by atoms with Crippen molar-refractivity contribution in [2.45, 2.75) is 46.0 Å². The van der Waals surface area contributed by atoms with Gasteiger partial charge in [0.15, 0.2) is 11.2 Å². The van der Waals surface area contributed by atoms with Crippen molar-refractivity contribution in [1.29, 1.82) is 0 Å². The van der Waals surface area contributed by atoms with Crippen molar-refractivity contribution >= 4 is 16.8 Å². The van der Waals surface area contributed by atoms with Crippen LogP contribution in [0.5, 0.6) is 5.75 Å². The average molecular weight is 378 g/mol. The predicted molar refractivity (Wildman–Crippen MR) is 111 cm³/mol. The van der Waals surface area contributed by atoms with E-state index in [1.807, 2.05) is 36.4 Å². The van der Waals surface area contributed by atoms with E-state index in [1.54, 1.807) is 0 Å². The normalized spacial score (nSPS) is 12.7. The lowest BCUT2D eigenvalue weighted by molar-refractivity contribution is 0.0933. The molecular weight excluding hydrogens is 352 g/mol. The van der Waals surface area contributed by atoms with Crippen LogP contribution >= 0.6 is 0 Å². The van der Waals surface area contributed by atoms with Gasteiger partial charge in [0.2, 0.25) is 0 Å². The Morgan fingerprint density at radius 1 is 0.893 bits per heavy atom. The van der Waals surface area contributed by atoms with Crippen LogP contribution in [0.15, 0.2) is 57.9 Å². The quantitative estimate of drug-likeness (QED) is 0.614. The van der Waals surface area contributed by atoms with Gasteiger partial charge in [-0.15, -0.1) is 0 Å². The highest BCUT2D eigenvalue weighted by atomic mass is 16.5. The van der Waals surface area contributed by atoms with Crippen LogP contribution in [0.2, 0.25) is 0 Å². The van der Waals surface area contributed by atoms with Crippen LogP contribution in [-0.4, -0.2) is 12.4 Å². The van der Waals surface area contributed by atoms with Gasteiger partial charge in [-0.3, -0.25) is 9.59 Å². The van der Waals surface area contributed by atoms with Gasteiger partial charge in [0.25, 0.3) is 0 Å². The van der Waals surface area contributed by atoms with Gasteiger partial charge in [0.1, 0.15) is 11.3 Å². The molecule has 3 aromatic rings. The monoisotopic (exact) mass is 378 g/mol. The standard InChI is InChI=1S/C12H14O2.C12H12O2/c2*1-2-3-9-4-5-12-10(8-9)11(13)6-7-14-12/h4-5,8H,2-3,6-7H2,1H3;4-8H,2-3H2,1H3. The highest BCUT2D eigenvalue weighted by Gasteiger charge is 2.18. The van der Waals surface area contributed by atoms with Crippen molar-refractivity contribution in [2.24, 2.45) is 0 Å². The summed E-state index contributed by atoms with van der Waals surface area (Å²) in [5, 5.41) is 0.679. The minimum Gasteiger partial charge on any atom is -0.492 e. The molecule has 0 radical (unpaired) electrons. The van der Waals surface area contributed by atoms with Gasteiger partial charge in [-0.05, 0) is 48.2 Å². The van der Waals surface area contributed by atoms with Crippen molar-refractivity contribution in [3.05, 3.63) is 75.6 Å². The molecule has 0 atom stereocenters. The molecule has 0 aliphatic carbocycles. The van der Waals surface area contributed by atoms with Crippen molar-refractivity contribution in [3.63, 3.8) is 0 Å². The Kier molecular flexibility index (Phi) is 6.64. The summed E-state index contributed by atoms with van der Waals surface area (Å²) in [5.41, 5.74) is 3.88. The van der Waals surface area contributed by atoms with E-state index in [2.05, 4.69) is 13.8 Å². The van der Waals surface area contributed by atoms with Gasteiger partial charge in [-0.2, -0.15) is 0 Å². The first-order valence-corrected chi connectivity index (χ1v) is 9.91. The Bertz CT molecular complexity index is 1020. The number of hydrogen-bond acceptors (Lipinski definition) is 4. The number of hydrogen-bond donors (Lipinski definition) is 0. The average Bonchev–Trinajstić information content (AvgIpc) is 2.70. The van der Waals surface area contributed by atoms with Gasteiger partial charge in [0, 0.05) is 12.5 Å². The van der Waals surface area contributed by atoms with E-state index in [4.69, 9.17) is 9.15 Å². The van der Waals surface area contributed by atoms with Crippen LogP contribution in [0.1, 0.15) is 54.6 Å². The molecule has 1 aliphatic rings. The lowest BCUT2D eigenvalue weighted by Crippen LogP contribution is -2.15. The number of rotatable bonds is 4. The van der Waals surface area contributed by atoms with Gasteiger partial charge in [-0.1, -0.05) is 38.8 Å². The number of carbonyl (C=O) groups excluding carboxylic acids is 1. The fourth-order valence-corrected chi connectivity index (χ4v) is 3.33. The number of aryl methyl sites for hydroxylation is 2. The zero-order valence-corrected chi connectivity index (χ0v) is 16.5. The molecule has 0 saturated heterocycles. The van der Waals surface area contributed by atoms with Gasteiger partial charge < -0.3 is 9.15 Å². The molecule has 4 rings (SSSR count). The van der Waals surface area contributed by atoms with E-state index in [9.17, 15) is 9.59 Å². The summed E-state index contributed by atoms with van der Waals surface area (Å²) >= 11 is 0. The molecule has 0 saturated carbocycles. The number of benzene rings is 2.